The second kappa shape index (κ2) is 2.32. The molecule has 1 saturated carbocycles. The molecule has 0 aliphatic heterocycles. The monoisotopic (exact) mass is 187 g/mol. The Balaban J connectivity index is 2.49. The van der Waals surface area contributed by atoms with E-state index in [4.69, 9.17) is 0 Å². The van der Waals surface area contributed by atoms with Crippen LogP contribution in [0.1, 0.15) is 13.3 Å². The Morgan fingerprint density at radius 3 is 2.89 bits per heavy atom. The van der Waals surface area contributed by atoms with Crippen molar-refractivity contribution in [2.24, 2.45) is 11.3 Å². The summed E-state index contributed by atoms with van der Waals surface area (Å²) in [6, 6.07) is 0. The van der Waals surface area contributed by atoms with Crippen LogP contribution in [0.4, 0.5) is 0 Å². The fourth-order valence-electron chi connectivity index (χ4n) is 0.957. The molecule has 0 saturated heterocycles. The maximum atomic E-state index is 10.3. The van der Waals surface area contributed by atoms with E-state index >= 15 is 0 Å². The largest absolute Gasteiger partial charge is 0.236 e. The molecule has 0 unspecified atom stereocenters. The fraction of sp³-hybridized carbons (Fsp3) is 0.714. The van der Waals surface area contributed by atoms with E-state index in [2.05, 4.69) is 26.7 Å². The van der Waals surface area contributed by atoms with Crippen molar-refractivity contribution in [2.45, 2.75) is 13.3 Å². The summed E-state index contributed by atoms with van der Waals surface area (Å²) >= 11 is 3.02. The van der Waals surface area contributed by atoms with Crippen LogP contribution in [0.25, 0.3) is 0 Å². The van der Waals surface area contributed by atoms with E-state index in [9.17, 15) is 5.11 Å². The van der Waals surface area contributed by atoms with Crippen molar-refractivity contribution in [3.05, 3.63) is 0 Å². The lowest BCUT2D eigenvalue weighted by Crippen LogP contribution is -1.95. The smallest absolute Gasteiger partial charge is 0.0865 e. The second-order valence-corrected chi connectivity index (χ2v) is 3.10. The molecule has 1 aliphatic rings. The zero-order valence-corrected chi connectivity index (χ0v) is 6.86. The average Bonchev–Trinajstić information content (AvgIpc) is 2.43. The maximum absolute atomic E-state index is 10.3. The number of halogens is 1. The van der Waals surface area contributed by atoms with Crippen LogP contribution in [0.15, 0.2) is 0 Å². The summed E-state index contributed by atoms with van der Waals surface area (Å²) in [4.78, 5) is 2.66. The van der Waals surface area contributed by atoms with Crippen LogP contribution in [0, 0.1) is 22.1 Å². The van der Waals surface area contributed by atoms with Gasteiger partial charge in [0.1, 0.15) is 0 Å². The Kier molecular flexibility index (Phi) is 1.83. The highest BCUT2D eigenvalue weighted by Crippen LogP contribution is 2.51. The molecule has 1 radical (unpaired) electrons. The first-order chi connectivity index (χ1) is 4.23. The molecule has 9 heavy (non-hydrogen) atoms. The molecule has 0 aromatic carbocycles. The molecule has 0 N–H and O–H groups in total. The summed E-state index contributed by atoms with van der Waals surface area (Å²) in [5.41, 5.74) is 0.0469. The quantitative estimate of drug-likeness (QED) is 0.559. The third-order valence-electron chi connectivity index (χ3n) is 1.95. The summed E-state index contributed by atoms with van der Waals surface area (Å²) in [6.07, 6.45) is 0.981. The van der Waals surface area contributed by atoms with Gasteiger partial charge in [-0.3, -0.25) is 0 Å². The molecule has 49 valence electrons. The summed E-state index contributed by atoms with van der Waals surface area (Å²) in [5.74, 6) is 3.27. The molecule has 0 heterocycles. The number of hydrogen-bond acceptors (Lipinski definition) is 0. The molecule has 0 aromatic heterocycles. The summed E-state index contributed by atoms with van der Waals surface area (Å²) in [6.45, 7) is 2.06. The van der Waals surface area contributed by atoms with E-state index in [1.54, 1.807) is 0 Å². The highest BCUT2D eigenvalue weighted by Gasteiger charge is 2.48. The van der Waals surface area contributed by atoms with Gasteiger partial charge in [0.05, 0.1) is 6.61 Å². The van der Waals surface area contributed by atoms with Gasteiger partial charge in [0.25, 0.3) is 0 Å². The standard InChI is InChI=1S/C7H8BrO/c1-7(2-3-8)4-6(7)5-9/h6H,4-5H2,1H3/t6-,7+/m0/s1. The van der Waals surface area contributed by atoms with Crippen molar-refractivity contribution in [3.8, 4) is 10.8 Å². The lowest BCUT2D eigenvalue weighted by molar-refractivity contribution is 0.170. The molecule has 0 aromatic rings. The van der Waals surface area contributed by atoms with E-state index in [0.29, 0.717) is 5.92 Å². The van der Waals surface area contributed by atoms with E-state index in [-0.39, 0.29) is 12.0 Å². The van der Waals surface area contributed by atoms with Gasteiger partial charge in [-0.05, 0) is 18.2 Å². The van der Waals surface area contributed by atoms with Crippen molar-refractivity contribution in [1.82, 2.24) is 0 Å². The summed E-state index contributed by atoms with van der Waals surface area (Å²) < 4.78 is 0. The van der Waals surface area contributed by atoms with Gasteiger partial charge in [0, 0.05) is 27.3 Å². The van der Waals surface area contributed by atoms with Crippen molar-refractivity contribution < 1.29 is 5.11 Å². The van der Waals surface area contributed by atoms with Gasteiger partial charge in [-0.2, -0.15) is 0 Å². The normalized spacial score (nSPS) is 39.2. The third-order valence-corrected chi connectivity index (χ3v) is 2.14. The molecule has 0 amide bonds. The first kappa shape index (κ1) is 7.11. The number of rotatable bonds is 1. The Bertz CT molecular complexity index is 167. The van der Waals surface area contributed by atoms with E-state index in [1.165, 1.54) is 0 Å². The number of hydrogen-bond donors (Lipinski definition) is 0. The SMILES string of the molecule is C[C@@]1(C#CBr)C[C@H]1C[O]. The second-order valence-electron chi connectivity index (χ2n) is 2.70. The van der Waals surface area contributed by atoms with Gasteiger partial charge >= 0.3 is 0 Å². The summed E-state index contributed by atoms with van der Waals surface area (Å²) in [5, 5.41) is 10.3. The third kappa shape index (κ3) is 1.28. The van der Waals surface area contributed by atoms with Crippen LogP contribution in [0.3, 0.4) is 0 Å². The predicted molar refractivity (Wildman–Crippen MR) is 38.5 cm³/mol. The van der Waals surface area contributed by atoms with Crippen LogP contribution in [0.5, 0.6) is 0 Å². The van der Waals surface area contributed by atoms with Crippen LogP contribution in [0.2, 0.25) is 0 Å². The Labute approximate surface area is 63.6 Å². The van der Waals surface area contributed by atoms with Crippen molar-refractivity contribution >= 4 is 15.9 Å². The molecule has 1 nitrogen and oxygen atoms in total. The molecule has 0 spiro atoms. The van der Waals surface area contributed by atoms with Gasteiger partial charge in [0.2, 0.25) is 0 Å². The van der Waals surface area contributed by atoms with Crippen molar-refractivity contribution in [3.63, 3.8) is 0 Å². The Morgan fingerprint density at radius 1 is 1.89 bits per heavy atom. The van der Waals surface area contributed by atoms with Crippen LogP contribution < -0.4 is 0 Å². The van der Waals surface area contributed by atoms with Gasteiger partial charge in [-0.25, -0.2) is 5.11 Å². The highest BCUT2D eigenvalue weighted by molar-refractivity contribution is 9.12. The first-order valence-corrected chi connectivity index (χ1v) is 3.73. The van der Waals surface area contributed by atoms with Gasteiger partial charge in [-0.1, -0.05) is 5.92 Å². The lowest BCUT2D eigenvalue weighted by Gasteiger charge is -1.94. The minimum atomic E-state index is 0.0260. The van der Waals surface area contributed by atoms with Crippen LogP contribution >= 0.6 is 15.9 Å². The van der Waals surface area contributed by atoms with Crippen molar-refractivity contribution in [2.75, 3.05) is 6.61 Å². The predicted octanol–water partition coefficient (Wildman–Crippen LogP) is 1.80. The maximum Gasteiger partial charge on any atom is 0.0865 e. The lowest BCUT2D eigenvalue weighted by atomic mass is 10.1. The zero-order valence-electron chi connectivity index (χ0n) is 5.28. The molecule has 2 heteroatoms. The molecule has 0 bridgehead atoms. The Morgan fingerprint density at radius 2 is 2.56 bits per heavy atom. The minimum absolute atomic E-state index is 0.0260. The highest BCUT2D eigenvalue weighted by atomic mass is 79.9. The van der Waals surface area contributed by atoms with E-state index in [0.717, 1.165) is 6.42 Å². The Hall–Kier alpha value is -0.0000000000000000208. The minimum Gasteiger partial charge on any atom is -0.236 e. The molecule has 1 rings (SSSR count). The zero-order chi connectivity index (χ0) is 6.91. The van der Waals surface area contributed by atoms with E-state index in [1.807, 2.05) is 6.92 Å². The van der Waals surface area contributed by atoms with E-state index < -0.39 is 0 Å². The van der Waals surface area contributed by atoms with Crippen LogP contribution in [-0.2, 0) is 5.11 Å². The van der Waals surface area contributed by atoms with Crippen LogP contribution in [-0.4, -0.2) is 6.61 Å². The first-order valence-electron chi connectivity index (χ1n) is 2.94. The fourth-order valence-corrected chi connectivity index (χ4v) is 1.41. The van der Waals surface area contributed by atoms with Gasteiger partial charge < -0.3 is 0 Å². The molecular formula is C7H8BrO. The average molecular weight is 188 g/mol. The summed E-state index contributed by atoms with van der Waals surface area (Å²) in [7, 11) is 0. The molecule has 1 fully saturated rings. The molecular weight excluding hydrogens is 180 g/mol. The van der Waals surface area contributed by atoms with Crippen molar-refractivity contribution in [1.29, 1.82) is 0 Å². The topological polar surface area (TPSA) is 19.9 Å². The molecule has 2 atom stereocenters. The molecule has 1 aliphatic carbocycles. The van der Waals surface area contributed by atoms with Gasteiger partial charge in [-0.15, -0.1) is 0 Å². The van der Waals surface area contributed by atoms with Gasteiger partial charge in [0.15, 0.2) is 0 Å².